The van der Waals surface area contributed by atoms with Gasteiger partial charge in [-0.25, -0.2) is 0 Å². The highest BCUT2D eigenvalue weighted by Crippen LogP contribution is 2.21. The van der Waals surface area contributed by atoms with Gasteiger partial charge in [0.2, 0.25) is 0 Å². The van der Waals surface area contributed by atoms with E-state index in [0.29, 0.717) is 24.6 Å². The molecule has 0 spiro atoms. The molecule has 5 heteroatoms. The highest BCUT2D eigenvalue weighted by Gasteiger charge is 2.10. The highest BCUT2D eigenvalue weighted by molar-refractivity contribution is 5.68. The van der Waals surface area contributed by atoms with Gasteiger partial charge < -0.3 is 9.26 Å². The van der Waals surface area contributed by atoms with Gasteiger partial charge in [-0.1, -0.05) is 23.4 Å². The number of unbranched alkanes of at least 4 members (excludes halogenated alkanes) is 1. The lowest BCUT2D eigenvalue weighted by Gasteiger charge is -1.98. The van der Waals surface area contributed by atoms with Gasteiger partial charge >= 0.3 is 5.97 Å². The Morgan fingerprint density at radius 3 is 2.85 bits per heavy atom. The van der Waals surface area contributed by atoms with Gasteiger partial charge in [0.15, 0.2) is 5.82 Å². The van der Waals surface area contributed by atoms with Crippen LogP contribution in [0.1, 0.15) is 30.7 Å². The fraction of sp³-hybridized carbons (Fsp3) is 0.400. The SMILES string of the molecule is COC(=O)CCCCc1noc(-c2ccccc2C)n1. The lowest BCUT2D eigenvalue weighted by molar-refractivity contribution is -0.140. The van der Waals surface area contributed by atoms with Crippen LogP contribution in [0.2, 0.25) is 0 Å². The maximum absolute atomic E-state index is 11.0. The molecule has 0 aliphatic rings. The van der Waals surface area contributed by atoms with E-state index in [1.54, 1.807) is 0 Å². The van der Waals surface area contributed by atoms with E-state index in [4.69, 9.17) is 4.52 Å². The predicted molar refractivity (Wildman–Crippen MR) is 74.0 cm³/mol. The zero-order valence-electron chi connectivity index (χ0n) is 11.8. The third kappa shape index (κ3) is 3.66. The zero-order chi connectivity index (χ0) is 14.4. The van der Waals surface area contributed by atoms with Crippen molar-refractivity contribution in [3.63, 3.8) is 0 Å². The van der Waals surface area contributed by atoms with Gasteiger partial charge in [-0.15, -0.1) is 0 Å². The van der Waals surface area contributed by atoms with E-state index in [-0.39, 0.29) is 5.97 Å². The first kappa shape index (κ1) is 14.2. The number of hydrogen-bond acceptors (Lipinski definition) is 5. The Balaban J connectivity index is 1.90. The molecule has 2 aromatic rings. The van der Waals surface area contributed by atoms with Crippen LogP contribution in [-0.4, -0.2) is 23.2 Å². The maximum atomic E-state index is 11.0. The van der Waals surface area contributed by atoms with Crippen LogP contribution in [0.15, 0.2) is 28.8 Å². The van der Waals surface area contributed by atoms with E-state index >= 15 is 0 Å². The average molecular weight is 274 g/mol. The van der Waals surface area contributed by atoms with Gasteiger partial charge in [0, 0.05) is 18.4 Å². The minimum atomic E-state index is -0.182. The largest absolute Gasteiger partial charge is 0.469 e. The molecule has 0 fully saturated rings. The first-order valence-corrected chi connectivity index (χ1v) is 6.66. The number of aryl methyl sites for hydroxylation is 2. The minimum Gasteiger partial charge on any atom is -0.469 e. The summed E-state index contributed by atoms with van der Waals surface area (Å²) in [5.41, 5.74) is 2.06. The van der Waals surface area contributed by atoms with Gasteiger partial charge in [0.1, 0.15) is 0 Å². The summed E-state index contributed by atoms with van der Waals surface area (Å²) >= 11 is 0. The molecule has 0 radical (unpaired) electrons. The standard InChI is InChI=1S/C15H18N2O3/c1-11-7-3-4-8-12(11)15-16-13(17-20-15)9-5-6-10-14(18)19-2/h3-4,7-8H,5-6,9-10H2,1-2H3. The van der Waals surface area contributed by atoms with Crippen LogP contribution in [0.3, 0.4) is 0 Å². The summed E-state index contributed by atoms with van der Waals surface area (Å²) in [5.74, 6) is 1.04. The first-order chi connectivity index (χ1) is 9.70. The summed E-state index contributed by atoms with van der Waals surface area (Å²) in [5, 5.41) is 3.97. The van der Waals surface area contributed by atoms with Crippen molar-refractivity contribution in [2.45, 2.75) is 32.6 Å². The first-order valence-electron chi connectivity index (χ1n) is 6.66. The molecule has 0 amide bonds. The number of carbonyl (C=O) groups excluding carboxylic acids is 1. The number of carbonyl (C=O) groups is 1. The molecule has 5 nitrogen and oxygen atoms in total. The number of esters is 1. The molecule has 0 N–H and O–H groups in total. The Hall–Kier alpha value is -2.17. The molecule has 0 aliphatic carbocycles. The fourth-order valence-electron chi connectivity index (χ4n) is 1.93. The monoisotopic (exact) mass is 274 g/mol. The Bertz CT molecular complexity index is 578. The molecule has 0 saturated heterocycles. The maximum Gasteiger partial charge on any atom is 0.305 e. The topological polar surface area (TPSA) is 65.2 Å². The number of benzene rings is 1. The number of rotatable bonds is 6. The van der Waals surface area contributed by atoms with E-state index in [2.05, 4.69) is 14.9 Å². The molecular formula is C15H18N2O3. The predicted octanol–water partition coefficient (Wildman–Crippen LogP) is 2.93. The summed E-state index contributed by atoms with van der Waals surface area (Å²) in [6.45, 7) is 2.01. The van der Waals surface area contributed by atoms with E-state index < -0.39 is 0 Å². The number of ether oxygens (including phenoxy) is 1. The van der Waals surface area contributed by atoms with Gasteiger partial charge in [0.05, 0.1) is 7.11 Å². The Morgan fingerprint density at radius 2 is 2.10 bits per heavy atom. The van der Waals surface area contributed by atoms with Crippen molar-refractivity contribution in [1.82, 2.24) is 10.1 Å². The lowest BCUT2D eigenvalue weighted by Crippen LogP contribution is -2.00. The minimum absolute atomic E-state index is 0.182. The van der Waals surface area contributed by atoms with E-state index in [0.717, 1.165) is 24.0 Å². The smallest absolute Gasteiger partial charge is 0.305 e. The summed E-state index contributed by atoms with van der Waals surface area (Å²) in [4.78, 5) is 15.4. The Labute approximate surface area is 118 Å². The van der Waals surface area contributed by atoms with Crippen molar-refractivity contribution in [2.24, 2.45) is 0 Å². The van der Waals surface area contributed by atoms with Gasteiger partial charge in [-0.05, 0) is 31.4 Å². The van der Waals surface area contributed by atoms with Gasteiger partial charge in [0.25, 0.3) is 5.89 Å². The van der Waals surface area contributed by atoms with Crippen LogP contribution in [0.4, 0.5) is 0 Å². The van der Waals surface area contributed by atoms with Crippen LogP contribution < -0.4 is 0 Å². The Kier molecular flexibility index (Phi) is 4.87. The molecule has 1 aromatic heterocycles. The molecular weight excluding hydrogens is 256 g/mol. The fourth-order valence-corrected chi connectivity index (χ4v) is 1.93. The highest BCUT2D eigenvalue weighted by atomic mass is 16.5. The summed E-state index contributed by atoms with van der Waals surface area (Å²) < 4.78 is 9.87. The molecule has 1 heterocycles. The van der Waals surface area contributed by atoms with Gasteiger partial charge in [-0.2, -0.15) is 4.98 Å². The number of nitrogens with zero attached hydrogens (tertiary/aromatic N) is 2. The average Bonchev–Trinajstić information content (AvgIpc) is 2.92. The van der Waals surface area contributed by atoms with Crippen molar-refractivity contribution in [1.29, 1.82) is 0 Å². The second kappa shape index (κ2) is 6.84. The van der Waals surface area contributed by atoms with Crippen LogP contribution in [-0.2, 0) is 16.0 Å². The van der Waals surface area contributed by atoms with Crippen LogP contribution >= 0.6 is 0 Å². The van der Waals surface area contributed by atoms with E-state index in [1.165, 1.54) is 7.11 Å². The molecule has 106 valence electrons. The van der Waals surface area contributed by atoms with Crippen LogP contribution in [0.25, 0.3) is 11.5 Å². The van der Waals surface area contributed by atoms with Crippen molar-refractivity contribution in [3.8, 4) is 11.5 Å². The molecule has 1 aromatic carbocycles. The van der Waals surface area contributed by atoms with E-state index in [9.17, 15) is 4.79 Å². The molecule has 0 bridgehead atoms. The van der Waals surface area contributed by atoms with Crippen molar-refractivity contribution in [3.05, 3.63) is 35.7 Å². The molecule has 0 unspecified atom stereocenters. The summed E-state index contributed by atoms with van der Waals surface area (Å²) in [6.07, 6.45) is 2.73. The quantitative estimate of drug-likeness (QED) is 0.598. The van der Waals surface area contributed by atoms with E-state index in [1.807, 2.05) is 31.2 Å². The molecule has 0 saturated carbocycles. The van der Waals surface area contributed by atoms with Crippen LogP contribution in [0.5, 0.6) is 0 Å². The third-order valence-corrected chi connectivity index (χ3v) is 3.10. The third-order valence-electron chi connectivity index (χ3n) is 3.10. The van der Waals surface area contributed by atoms with Crippen molar-refractivity contribution >= 4 is 5.97 Å². The zero-order valence-corrected chi connectivity index (χ0v) is 11.8. The van der Waals surface area contributed by atoms with Crippen molar-refractivity contribution < 1.29 is 14.1 Å². The second-order valence-electron chi connectivity index (χ2n) is 4.61. The Morgan fingerprint density at radius 1 is 1.30 bits per heavy atom. The number of methoxy groups -OCH3 is 1. The molecule has 0 aliphatic heterocycles. The van der Waals surface area contributed by atoms with Crippen molar-refractivity contribution in [2.75, 3.05) is 7.11 Å². The second-order valence-corrected chi connectivity index (χ2v) is 4.61. The molecule has 0 atom stereocenters. The number of hydrogen-bond donors (Lipinski definition) is 0. The molecule has 2 rings (SSSR count). The molecule has 20 heavy (non-hydrogen) atoms. The van der Waals surface area contributed by atoms with Gasteiger partial charge in [-0.3, -0.25) is 4.79 Å². The summed E-state index contributed by atoms with van der Waals surface area (Å²) in [6, 6.07) is 7.89. The normalized spacial score (nSPS) is 10.5. The summed E-state index contributed by atoms with van der Waals surface area (Å²) in [7, 11) is 1.40. The number of aromatic nitrogens is 2. The lowest BCUT2D eigenvalue weighted by atomic mass is 10.1. The van der Waals surface area contributed by atoms with Crippen LogP contribution in [0, 0.1) is 6.92 Å².